The van der Waals surface area contributed by atoms with Crippen molar-refractivity contribution < 1.29 is 5.11 Å². The van der Waals surface area contributed by atoms with Crippen LogP contribution in [0.25, 0.3) is 0 Å². The Morgan fingerprint density at radius 2 is 2.23 bits per heavy atom. The van der Waals surface area contributed by atoms with Gasteiger partial charge in [0, 0.05) is 6.54 Å². The zero-order chi connectivity index (χ0) is 9.90. The molecule has 2 heteroatoms. The van der Waals surface area contributed by atoms with Crippen molar-refractivity contribution >= 4 is 0 Å². The summed E-state index contributed by atoms with van der Waals surface area (Å²) >= 11 is 0. The first-order valence-corrected chi connectivity index (χ1v) is 5.48. The molecule has 0 aliphatic heterocycles. The Bertz CT molecular complexity index is 158. The zero-order valence-electron chi connectivity index (χ0n) is 8.92. The first-order chi connectivity index (χ1) is 6.06. The molecular formula is C11H23NO. The van der Waals surface area contributed by atoms with Gasteiger partial charge in [-0.15, -0.1) is 0 Å². The summed E-state index contributed by atoms with van der Waals surface area (Å²) in [4.78, 5) is 0. The Hall–Kier alpha value is -0.0800. The fourth-order valence-electron chi connectivity index (χ4n) is 2.51. The summed E-state index contributed by atoms with van der Waals surface area (Å²) in [6, 6.07) is 0. The standard InChI is InChI=1S/C11H23NO/c1-9(2)6-10-4-3-5-11(13,7-10)8-12/h9-10,13H,3-8,12H2,1-2H3. The minimum atomic E-state index is -0.544. The molecule has 1 aliphatic carbocycles. The molecule has 0 aromatic heterocycles. The summed E-state index contributed by atoms with van der Waals surface area (Å²) in [6.45, 7) is 4.92. The van der Waals surface area contributed by atoms with E-state index in [0.717, 1.165) is 25.2 Å². The quantitative estimate of drug-likeness (QED) is 0.705. The van der Waals surface area contributed by atoms with Gasteiger partial charge in [0.05, 0.1) is 5.60 Å². The van der Waals surface area contributed by atoms with Gasteiger partial charge < -0.3 is 10.8 Å². The van der Waals surface area contributed by atoms with E-state index in [-0.39, 0.29) is 0 Å². The van der Waals surface area contributed by atoms with Gasteiger partial charge in [0.25, 0.3) is 0 Å². The van der Waals surface area contributed by atoms with Crippen LogP contribution in [0.1, 0.15) is 46.0 Å². The molecule has 1 fully saturated rings. The lowest BCUT2D eigenvalue weighted by Gasteiger charge is -2.36. The van der Waals surface area contributed by atoms with Crippen LogP contribution in [0.5, 0.6) is 0 Å². The van der Waals surface area contributed by atoms with Crippen LogP contribution >= 0.6 is 0 Å². The monoisotopic (exact) mass is 185 g/mol. The second-order valence-corrected chi connectivity index (χ2v) is 5.02. The molecule has 1 saturated carbocycles. The molecule has 0 bridgehead atoms. The molecule has 0 spiro atoms. The highest BCUT2D eigenvalue weighted by atomic mass is 16.3. The van der Waals surface area contributed by atoms with Gasteiger partial charge in [-0.05, 0) is 31.1 Å². The van der Waals surface area contributed by atoms with Crippen LogP contribution in [0, 0.1) is 11.8 Å². The molecule has 0 heterocycles. The van der Waals surface area contributed by atoms with Gasteiger partial charge in [0.15, 0.2) is 0 Å². The van der Waals surface area contributed by atoms with Crippen LogP contribution in [-0.4, -0.2) is 17.3 Å². The Balaban J connectivity index is 2.42. The number of nitrogens with two attached hydrogens (primary N) is 1. The summed E-state index contributed by atoms with van der Waals surface area (Å²) in [5, 5.41) is 10.0. The molecule has 0 aromatic rings. The Morgan fingerprint density at radius 1 is 1.54 bits per heavy atom. The third-order valence-electron chi connectivity index (χ3n) is 3.11. The molecule has 0 aromatic carbocycles. The molecule has 0 radical (unpaired) electrons. The van der Waals surface area contributed by atoms with E-state index in [1.807, 2.05) is 0 Å². The van der Waals surface area contributed by atoms with Gasteiger partial charge in [-0.2, -0.15) is 0 Å². The average Bonchev–Trinajstić information content (AvgIpc) is 2.03. The fourth-order valence-corrected chi connectivity index (χ4v) is 2.51. The molecular weight excluding hydrogens is 162 g/mol. The maximum Gasteiger partial charge on any atom is 0.0772 e. The number of rotatable bonds is 3. The second-order valence-electron chi connectivity index (χ2n) is 5.02. The Kier molecular flexibility index (Phi) is 3.74. The summed E-state index contributed by atoms with van der Waals surface area (Å²) < 4.78 is 0. The van der Waals surface area contributed by atoms with Crippen molar-refractivity contribution in [2.24, 2.45) is 17.6 Å². The third-order valence-corrected chi connectivity index (χ3v) is 3.11. The molecule has 0 saturated heterocycles. The zero-order valence-corrected chi connectivity index (χ0v) is 8.92. The van der Waals surface area contributed by atoms with E-state index in [1.165, 1.54) is 12.8 Å². The average molecular weight is 185 g/mol. The van der Waals surface area contributed by atoms with Crippen LogP contribution in [0.3, 0.4) is 0 Å². The van der Waals surface area contributed by atoms with Gasteiger partial charge in [-0.25, -0.2) is 0 Å². The van der Waals surface area contributed by atoms with Gasteiger partial charge >= 0.3 is 0 Å². The van der Waals surface area contributed by atoms with Crippen molar-refractivity contribution in [3.8, 4) is 0 Å². The maximum atomic E-state index is 10.0. The number of hydrogen-bond donors (Lipinski definition) is 2. The highest BCUT2D eigenvalue weighted by molar-refractivity contribution is 4.87. The van der Waals surface area contributed by atoms with E-state index in [4.69, 9.17) is 5.73 Å². The van der Waals surface area contributed by atoms with Crippen molar-refractivity contribution in [3.63, 3.8) is 0 Å². The molecule has 2 nitrogen and oxygen atoms in total. The second kappa shape index (κ2) is 4.43. The lowest BCUT2D eigenvalue weighted by atomic mass is 9.75. The normalized spacial score (nSPS) is 35.3. The van der Waals surface area contributed by atoms with Gasteiger partial charge in [0.1, 0.15) is 0 Å². The highest BCUT2D eigenvalue weighted by Crippen LogP contribution is 2.35. The Labute approximate surface area is 81.5 Å². The number of aliphatic hydroxyl groups is 1. The van der Waals surface area contributed by atoms with Crippen LogP contribution < -0.4 is 5.73 Å². The molecule has 13 heavy (non-hydrogen) atoms. The van der Waals surface area contributed by atoms with E-state index < -0.39 is 5.60 Å². The van der Waals surface area contributed by atoms with Crippen LogP contribution in [0.2, 0.25) is 0 Å². The van der Waals surface area contributed by atoms with Crippen LogP contribution in [0.15, 0.2) is 0 Å². The molecule has 0 amide bonds. The largest absolute Gasteiger partial charge is 0.389 e. The van der Waals surface area contributed by atoms with Gasteiger partial charge in [0.2, 0.25) is 0 Å². The minimum Gasteiger partial charge on any atom is -0.389 e. The first-order valence-electron chi connectivity index (χ1n) is 5.48. The van der Waals surface area contributed by atoms with Crippen molar-refractivity contribution in [1.29, 1.82) is 0 Å². The van der Waals surface area contributed by atoms with Crippen molar-refractivity contribution in [2.75, 3.05) is 6.54 Å². The highest BCUT2D eigenvalue weighted by Gasteiger charge is 2.32. The van der Waals surface area contributed by atoms with Crippen LogP contribution in [-0.2, 0) is 0 Å². The van der Waals surface area contributed by atoms with Crippen molar-refractivity contribution in [1.82, 2.24) is 0 Å². The van der Waals surface area contributed by atoms with E-state index in [2.05, 4.69) is 13.8 Å². The van der Waals surface area contributed by atoms with Gasteiger partial charge in [-0.1, -0.05) is 26.7 Å². The van der Waals surface area contributed by atoms with Gasteiger partial charge in [-0.3, -0.25) is 0 Å². The minimum absolute atomic E-state index is 0.432. The summed E-state index contributed by atoms with van der Waals surface area (Å²) in [7, 11) is 0. The van der Waals surface area contributed by atoms with E-state index >= 15 is 0 Å². The lowest BCUT2D eigenvalue weighted by molar-refractivity contribution is -0.0113. The lowest BCUT2D eigenvalue weighted by Crippen LogP contribution is -2.42. The maximum absolute atomic E-state index is 10.0. The molecule has 3 N–H and O–H groups in total. The summed E-state index contributed by atoms with van der Waals surface area (Å²) in [6.07, 6.45) is 5.48. The predicted octanol–water partition coefficient (Wildman–Crippen LogP) is 1.91. The first kappa shape index (κ1) is 11.0. The molecule has 2 unspecified atom stereocenters. The van der Waals surface area contributed by atoms with E-state index in [9.17, 15) is 5.11 Å². The van der Waals surface area contributed by atoms with E-state index in [0.29, 0.717) is 12.5 Å². The molecule has 1 aliphatic rings. The van der Waals surface area contributed by atoms with Crippen molar-refractivity contribution in [2.45, 2.75) is 51.6 Å². The van der Waals surface area contributed by atoms with Crippen molar-refractivity contribution in [3.05, 3.63) is 0 Å². The summed E-state index contributed by atoms with van der Waals surface area (Å²) in [5.41, 5.74) is 5.04. The fraction of sp³-hybridized carbons (Fsp3) is 1.00. The topological polar surface area (TPSA) is 46.2 Å². The SMILES string of the molecule is CC(C)CC1CCCC(O)(CN)C1. The Morgan fingerprint density at radius 3 is 2.77 bits per heavy atom. The summed E-state index contributed by atoms with van der Waals surface area (Å²) in [5.74, 6) is 1.44. The molecule has 78 valence electrons. The number of hydrogen-bond acceptors (Lipinski definition) is 2. The molecule has 1 rings (SSSR count). The molecule has 2 atom stereocenters. The smallest absolute Gasteiger partial charge is 0.0772 e. The van der Waals surface area contributed by atoms with E-state index in [1.54, 1.807) is 0 Å². The third kappa shape index (κ3) is 3.28. The predicted molar refractivity (Wildman–Crippen MR) is 55.4 cm³/mol. The van der Waals surface area contributed by atoms with Crippen LogP contribution in [0.4, 0.5) is 0 Å².